The van der Waals surface area contributed by atoms with Crippen LogP contribution in [0.5, 0.6) is 0 Å². The fourth-order valence-electron chi connectivity index (χ4n) is 1.79. The van der Waals surface area contributed by atoms with Gasteiger partial charge in [0.2, 0.25) is 5.91 Å². The number of carbonyl (C=O) groups is 1. The molecule has 2 aromatic rings. The number of hydrogen-bond acceptors (Lipinski definition) is 4. The van der Waals surface area contributed by atoms with Crippen molar-refractivity contribution in [2.45, 2.75) is 33.5 Å². The third kappa shape index (κ3) is 3.41. The number of alkyl halides is 3. The summed E-state index contributed by atoms with van der Waals surface area (Å²) >= 11 is 1.25. The van der Waals surface area contributed by atoms with Gasteiger partial charge >= 0.3 is 6.18 Å². The standard InChI is InChI=1S/C12H13F3N4OS/c1-6-4-9(12(13,14)15)17-19(6)5-10(20)16-11-7(2)18-21-8(11)3/h4H,5H2,1-3H3,(H,16,20). The molecule has 0 aliphatic rings. The second-order valence-corrected chi connectivity index (χ2v) is 5.55. The van der Waals surface area contributed by atoms with Gasteiger partial charge in [0.1, 0.15) is 6.54 Å². The molecule has 0 unspecified atom stereocenters. The van der Waals surface area contributed by atoms with E-state index in [0.717, 1.165) is 15.6 Å². The van der Waals surface area contributed by atoms with Gasteiger partial charge in [0.25, 0.3) is 0 Å². The molecule has 0 saturated carbocycles. The van der Waals surface area contributed by atoms with Crippen LogP contribution in [-0.2, 0) is 17.5 Å². The van der Waals surface area contributed by atoms with Gasteiger partial charge in [-0.15, -0.1) is 0 Å². The molecular formula is C12H13F3N4OS. The lowest BCUT2D eigenvalue weighted by Crippen LogP contribution is -2.21. The van der Waals surface area contributed by atoms with Crippen LogP contribution in [0, 0.1) is 20.8 Å². The minimum atomic E-state index is -4.52. The van der Waals surface area contributed by atoms with Crippen molar-refractivity contribution in [1.82, 2.24) is 14.2 Å². The molecule has 0 aromatic carbocycles. The third-order valence-electron chi connectivity index (χ3n) is 2.86. The van der Waals surface area contributed by atoms with Crippen molar-refractivity contribution in [3.8, 4) is 0 Å². The molecule has 9 heteroatoms. The SMILES string of the molecule is Cc1nsc(C)c1NC(=O)Cn1nc(C(F)(F)F)cc1C. The molecule has 21 heavy (non-hydrogen) atoms. The summed E-state index contributed by atoms with van der Waals surface area (Å²) in [5, 5.41) is 6.06. The van der Waals surface area contributed by atoms with Crippen molar-refractivity contribution in [2.75, 3.05) is 5.32 Å². The summed E-state index contributed by atoms with van der Waals surface area (Å²) in [4.78, 5) is 12.8. The fourth-order valence-corrected chi connectivity index (χ4v) is 2.44. The molecule has 2 rings (SSSR count). The number of aryl methyl sites for hydroxylation is 3. The Balaban J connectivity index is 2.12. The molecule has 0 bridgehead atoms. The Morgan fingerprint density at radius 1 is 1.38 bits per heavy atom. The quantitative estimate of drug-likeness (QED) is 0.946. The lowest BCUT2D eigenvalue weighted by Gasteiger charge is -2.07. The van der Waals surface area contributed by atoms with E-state index in [9.17, 15) is 18.0 Å². The minimum absolute atomic E-state index is 0.273. The van der Waals surface area contributed by atoms with E-state index < -0.39 is 17.8 Å². The van der Waals surface area contributed by atoms with Crippen LogP contribution in [-0.4, -0.2) is 20.1 Å². The minimum Gasteiger partial charge on any atom is -0.322 e. The van der Waals surface area contributed by atoms with Crippen LogP contribution in [0.1, 0.15) is 22.0 Å². The van der Waals surface area contributed by atoms with E-state index in [2.05, 4.69) is 14.8 Å². The normalized spacial score (nSPS) is 11.7. The number of rotatable bonds is 3. The Hall–Kier alpha value is -1.90. The third-order valence-corrected chi connectivity index (χ3v) is 3.71. The first-order chi connectivity index (χ1) is 9.68. The molecule has 5 nitrogen and oxygen atoms in total. The summed E-state index contributed by atoms with van der Waals surface area (Å²) in [7, 11) is 0. The number of hydrogen-bond donors (Lipinski definition) is 1. The number of nitrogens with one attached hydrogen (secondary N) is 1. The van der Waals surface area contributed by atoms with E-state index in [0.29, 0.717) is 11.4 Å². The van der Waals surface area contributed by atoms with Crippen molar-refractivity contribution in [2.24, 2.45) is 0 Å². The lowest BCUT2D eigenvalue weighted by molar-refractivity contribution is -0.141. The van der Waals surface area contributed by atoms with Gasteiger partial charge in [-0.05, 0) is 38.4 Å². The van der Waals surface area contributed by atoms with Gasteiger partial charge in [0.05, 0.1) is 11.4 Å². The highest BCUT2D eigenvalue weighted by atomic mass is 32.1. The van der Waals surface area contributed by atoms with E-state index in [1.807, 2.05) is 0 Å². The van der Waals surface area contributed by atoms with Crippen LogP contribution >= 0.6 is 11.5 Å². The second kappa shape index (κ2) is 5.47. The first-order valence-electron chi connectivity index (χ1n) is 6.03. The maximum absolute atomic E-state index is 12.5. The summed E-state index contributed by atoms with van der Waals surface area (Å²) in [6.45, 7) is 4.75. The van der Waals surface area contributed by atoms with Gasteiger partial charge in [-0.2, -0.15) is 22.6 Å². The molecular weight excluding hydrogens is 305 g/mol. The number of aromatic nitrogens is 3. The molecule has 0 spiro atoms. The van der Waals surface area contributed by atoms with Crippen LogP contribution < -0.4 is 5.32 Å². The first kappa shape index (κ1) is 15.5. The molecule has 0 atom stereocenters. The number of carbonyl (C=O) groups excluding carboxylic acids is 1. The van der Waals surface area contributed by atoms with Gasteiger partial charge in [-0.25, -0.2) is 0 Å². The number of halogens is 3. The summed E-state index contributed by atoms with van der Waals surface area (Å²) < 4.78 is 42.8. The van der Waals surface area contributed by atoms with Gasteiger partial charge in [-0.3, -0.25) is 9.48 Å². The zero-order chi connectivity index (χ0) is 15.8. The molecule has 1 amide bonds. The van der Waals surface area contributed by atoms with Gasteiger partial charge in [-0.1, -0.05) is 0 Å². The van der Waals surface area contributed by atoms with E-state index in [-0.39, 0.29) is 12.2 Å². The van der Waals surface area contributed by atoms with Gasteiger partial charge in [0.15, 0.2) is 5.69 Å². The van der Waals surface area contributed by atoms with Crippen molar-refractivity contribution in [3.05, 3.63) is 28.0 Å². The van der Waals surface area contributed by atoms with E-state index >= 15 is 0 Å². The van der Waals surface area contributed by atoms with Crippen molar-refractivity contribution in [3.63, 3.8) is 0 Å². The predicted octanol–water partition coefficient (Wildman–Crippen LogP) is 2.92. The summed E-state index contributed by atoms with van der Waals surface area (Å²) in [5.41, 5.74) is 0.552. The highest BCUT2D eigenvalue weighted by Gasteiger charge is 2.34. The summed E-state index contributed by atoms with van der Waals surface area (Å²) in [5.74, 6) is -0.443. The van der Waals surface area contributed by atoms with Gasteiger partial charge in [0, 0.05) is 10.6 Å². The van der Waals surface area contributed by atoms with Crippen LogP contribution in [0.15, 0.2) is 6.07 Å². The van der Waals surface area contributed by atoms with Crippen LogP contribution in [0.4, 0.5) is 18.9 Å². The Morgan fingerprint density at radius 3 is 2.52 bits per heavy atom. The average Bonchev–Trinajstić information content (AvgIpc) is 2.87. The second-order valence-electron chi connectivity index (χ2n) is 4.57. The topological polar surface area (TPSA) is 59.8 Å². The number of amides is 1. The Morgan fingerprint density at radius 2 is 2.05 bits per heavy atom. The number of nitrogens with zero attached hydrogens (tertiary/aromatic N) is 3. The molecule has 1 N–H and O–H groups in total. The monoisotopic (exact) mass is 318 g/mol. The highest BCUT2D eigenvalue weighted by molar-refractivity contribution is 7.06. The van der Waals surface area contributed by atoms with E-state index in [1.165, 1.54) is 18.5 Å². The summed E-state index contributed by atoms with van der Waals surface area (Å²) in [6, 6.07) is 0.913. The Labute approximate surface area is 122 Å². The zero-order valence-electron chi connectivity index (χ0n) is 11.6. The molecule has 0 aliphatic heterocycles. The zero-order valence-corrected chi connectivity index (χ0v) is 12.4. The molecule has 0 radical (unpaired) electrons. The average molecular weight is 318 g/mol. The molecule has 0 fully saturated rings. The van der Waals surface area contributed by atoms with Crippen LogP contribution in [0.3, 0.4) is 0 Å². The molecule has 2 heterocycles. The lowest BCUT2D eigenvalue weighted by atomic mass is 10.3. The molecule has 0 aliphatic carbocycles. The van der Waals surface area contributed by atoms with E-state index in [4.69, 9.17) is 0 Å². The Bertz CT molecular complexity index is 655. The predicted molar refractivity (Wildman–Crippen MR) is 72.2 cm³/mol. The van der Waals surface area contributed by atoms with Crippen LogP contribution in [0.25, 0.3) is 0 Å². The fraction of sp³-hybridized carbons (Fsp3) is 0.417. The summed E-state index contributed by atoms with van der Waals surface area (Å²) in [6.07, 6.45) is -4.52. The smallest absolute Gasteiger partial charge is 0.322 e. The highest BCUT2D eigenvalue weighted by Crippen LogP contribution is 2.28. The maximum atomic E-state index is 12.5. The molecule has 114 valence electrons. The largest absolute Gasteiger partial charge is 0.435 e. The first-order valence-corrected chi connectivity index (χ1v) is 6.80. The van der Waals surface area contributed by atoms with E-state index in [1.54, 1.807) is 13.8 Å². The Kier molecular flexibility index (Phi) is 4.04. The van der Waals surface area contributed by atoms with Crippen molar-refractivity contribution < 1.29 is 18.0 Å². The van der Waals surface area contributed by atoms with Crippen LogP contribution in [0.2, 0.25) is 0 Å². The maximum Gasteiger partial charge on any atom is 0.435 e. The van der Waals surface area contributed by atoms with Crippen molar-refractivity contribution in [1.29, 1.82) is 0 Å². The molecule has 0 saturated heterocycles. The van der Waals surface area contributed by atoms with Crippen molar-refractivity contribution >= 4 is 23.1 Å². The van der Waals surface area contributed by atoms with Gasteiger partial charge < -0.3 is 5.32 Å². The number of anilines is 1. The molecule has 2 aromatic heterocycles.